The highest BCUT2D eigenvalue weighted by atomic mass is 16.7. The highest BCUT2D eigenvalue weighted by Gasteiger charge is 2.27. The molecule has 2 heterocycles. The van der Waals surface area contributed by atoms with Crippen molar-refractivity contribution in [2.75, 3.05) is 24.8 Å². The molecule has 0 amide bonds. The SMILES string of the molecule is CCC(C)CC(C)=O.CCC(CC(C)CCN1c2ccccc2CC1O)c1ccc2c(c1)OCO2.CCCCC.CCCCOC(C)(C)C. The van der Waals surface area contributed by atoms with Gasteiger partial charge in [0.1, 0.15) is 12.0 Å². The predicted molar refractivity (Wildman–Crippen MR) is 208 cm³/mol. The van der Waals surface area contributed by atoms with E-state index in [0.717, 1.165) is 63.2 Å². The summed E-state index contributed by atoms with van der Waals surface area (Å²) < 4.78 is 16.4. The first kappa shape index (κ1) is 44.5. The summed E-state index contributed by atoms with van der Waals surface area (Å²) in [5.74, 6) is 3.70. The van der Waals surface area contributed by atoms with Crippen molar-refractivity contribution in [2.24, 2.45) is 11.8 Å². The molecular weight excluding hydrogens is 610 g/mol. The number of aliphatic hydroxyl groups excluding tert-OH is 1. The van der Waals surface area contributed by atoms with E-state index in [4.69, 9.17) is 14.2 Å². The number of hydrogen-bond donors (Lipinski definition) is 1. The molecule has 2 aliphatic rings. The van der Waals surface area contributed by atoms with Crippen LogP contribution in [0.3, 0.4) is 0 Å². The van der Waals surface area contributed by atoms with Crippen LogP contribution in [0, 0.1) is 11.8 Å². The Bertz CT molecular complexity index is 1160. The smallest absolute Gasteiger partial charge is 0.231 e. The van der Waals surface area contributed by atoms with Gasteiger partial charge in [-0.3, -0.25) is 0 Å². The van der Waals surface area contributed by atoms with Crippen molar-refractivity contribution in [3.8, 4) is 11.5 Å². The number of unbranched alkanes of at least 4 members (excludes halogenated alkanes) is 3. The number of aliphatic hydroxyl groups is 1. The molecular formula is C43H73NO5. The predicted octanol–water partition coefficient (Wildman–Crippen LogP) is 11.5. The first-order valence-corrected chi connectivity index (χ1v) is 19.3. The van der Waals surface area contributed by atoms with E-state index in [1.165, 1.54) is 48.9 Å². The van der Waals surface area contributed by atoms with Crippen molar-refractivity contribution in [1.82, 2.24) is 0 Å². The second kappa shape index (κ2) is 24.6. The fourth-order valence-corrected chi connectivity index (χ4v) is 5.88. The molecule has 0 aliphatic carbocycles. The maximum Gasteiger partial charge on any atom is 0.231 e. The number of ketones is 1. The lowest BCUT2D eigenvalue weighted by molar-refractivity contribution is -0.117. The molecule has 0 aromatic heterocycles. The van der Waals surface area contributed by atoms with Crippen LogP contribution in [-0.2, 0) is 16.0 Å². The number of para-hydroxylation sites is 1. The van der Waals surface area contributed by atoms with E-state index in [-0.39, 0.29) is 11.8 Å². The average Bonchev–Trinajstić information content (AvgIpc) is 3.66. The zero-order chi connectivity index (χ0) is 36.8. The fourth-order valence-electron chi connectivity index (χ4n) is 5.88. The average molecular weight is 684 g/mol. The minimum Gasteiger partial charge on any atom is -0.454 e. The zero-order valence-corrected chi connectivity index (χ0v) is 33.3. The normalized spacial score (nSPS) is 16.2. The lowest BCUT2D eigenvalue weighted by Crippen LogP contribution is -2.33. The van der Waals surface area contributed by atoms with E-state index in [2.05, 4.69) is 111 Å². The zero-order valence-electron chi connectivity index (χ0n) is 33.3. The summed E-state index contributed by atoms with van der Waals surface area (Å²) >= 11 is 0. The number of ether oxygens (including phenoxy) is 3. The van der Waals surface area contributed by atoms with Crippen LogP contribution < -0.4 is 14.4 Å². The van der Waals surface area contributed by atoms with Gasteiger partial charge < -0.3 is 29.0 Å². The number of carbonyl (C=O) groups excluding carboxylic acids is 1. The standard InChI is InChI=1S/C23H29NO3.C8H18O.C7H14O.C5H12/c1-3-17(18-8-9-21-22(13-18)27-15-26-21)12-16(2)10-11-24-20-7-5-4-6-19(20)14-23(24)25;1-5-6-7-9-8(2,3)4;1-4-6(2)5-7(3)8;1-3-5-4-2/h4-9,13,16-17,23,25H,3,10-12,14-15H2,1-2H3;5-7H2,1-4H3;6H,4-5H2,1-3H3;3-5H2,1-2H3. The Morgan fingerprint density at radius 2 is 1.57 bits per heavy atom. The van der Waals surface area contributed by atoms with Crippen LogP contribution in [0.5, 0.6) is 11.5 Å². The molecule has 0 saturated heterocycles. The topological polar surface area (TPSA) is 68.2 Å². The lowest BCUT2D eigenvalue weighted by atomic mass is 9.86. The van der Waals surface area contributed by atoms with Crippen molar-refractivity contribution in [3.05, 3.63) is 53.6 Å². The van der Waals surface area contributed by atoms with Crippen LogP contribution >= 0.6 is 0 Å². The summed E-state index contributed by atoms with van der Waals surface area (Å²) in [5.41, 5.74) is 3.83. The second-order valence-corrected chi connectivity index (χ2v) is 14.9. The number of anilines is 1. The molecule has 0 saturated carbocycles. The molecule has 6 nitrogen and oxygen atoms in total. The van der Waals surface area contributed by atoms with Crippen LogP contribution in [0.25, 0.3) is 0 Å². The molecule has 280 valence electrons. The molecule has 0 bridgehead atoms. The number of nitrogens with zero attached hydrogens (tertiary/aromatic N) is 1. The minimum absolute atomic E-state index is 0.0508. The molecule has 49 heavy (non-hydrogen) atoms. The largest absolute Gasteiger partial charge is 0.454 e. The van der Waals surface area contributed by atoms with Crippen LogP contribution in [0.1, 0.15) is 157 Å². The Balaban J connectivity index is 0.000000447. The molecule has 4 rings (SSSR count). The first-order valence-electron chi connectivity index (χ1n) is 19.3. The summed E-state index contributed by atoms with van der Waals surface area (Å²) in [6.07, 6.45) is 12.0. The van der Waals surface area contributed by atoms with Gasteiger partial charge in [0, 0.05) is 31.7 Å². The molecule has 0 radical (unpaired) electrons. The van der Waals surface area contributed by atoms with Gasteiger partial charge in [-0.1, -0.05) is 105 Å². The molecule has 2 aliphatic heterocycles. The van der Waals surface area contributed by atoms with Crippen molar-refractivity contribution in [1.29, 1.82) is 0 Å². The van der Waals surface area contributed by atoms with E-state index in [1.807, 2.05) is 6.07 Å². The monoisotopic (exact) mass is 684 g/mol. The van der Waals surface area contributed by atoms with Gasteiger partial charge in [-0.15, -0.1) is 0 Å². The van der Waals surface area contributed by atoms with Crippen molar-refractivity contribution in [3.63, 3.8) is 0 Å². The molecule has 0 spiro atoms. The number of rotatable bonds is 15. The van der Waals surface area contributed by atoms with E-state index in [0.29, 0.717) is 30.3 Å². The summed E-state index contributed by atoms with van der Waals surface area (Å²) in [7, 11) is 0. The number of benzene rings is 2. The summed E-state index contributed by atoms with van der Waals surface area (Å²) in [4.78, 5) is 12.6. The Morgan fingerprint density at radius 3 is 2.12 bits per heavy atom. The van der Waals surface area contributed by atoms with Gasteiger partial charge in [0.25, 0.3) is 0 Å². The summed E-state index contributed by atoms with van der Waals surface area (Å²) in [6, 6.07) is 14.7. The van der Waals surface area contributed by atoms with E-state index >= 15 is 0 Å². The maximum atomic E-state index is 10.4. The van der Waals surface area contributed by atoms with E-state index < -0.39 is 0 Å². The van der Waals surface area contributed by atoms with Gasteiger partial charge in [-0.2, -0.15) is 0 Å². The van der Waals surface area contributed by atoms with Crippen molar-refractivity contribution >= 4 is 11.5 Å². The Hall–Kier alpha value is -2.57. The maximum absolute atomic E-state index is 10.4. The quantitative estimate of drug-likeness (QED) is 0.188. The highest BCUT2D eigenvalue weighted by molar-refractivity contribution is 5.75. The molecule has 0 fully saturated rings. The Labute approximate surface area is 301 Å². The second-order valence-electron chi connectivity index (χ2n) is 14.9. The Morgan fingerprint density at radius 1 is 0.918 bits per heavy atom. The molecule has 2 aromatic carbocycles. The third kappa shape index (κ3) is 18.3. The fraction of sp³-hybridized carbons (Fsp3) is 0.698. The van der Waals surface area contributed by atoms with Crippen molar-refractivity contribution < 1.29 is 24.1 Å². The number of Topliss-reactive ketones (excluding diaryl/α,β-unsaturated/α-hetero) is 1. The molecule has 1 N–H and O–H groups in total. The molecule has 6 heteroatoms. The Kier molecular flexibility index (Phi) is 22.3. The van der Waals surface area contributed by atoms with Gasteiger partial charge in [-0.05, 0) is 100 Å². The van der Waals surface area contributed by atoms with E-state index in [9.17, 15) is 9.90 Å². The third-order valence-corrected chi connectivity index (χ3v) is 9.05. The van der Waals surface area contributed by atoms with Crippen LogP contribution in [-0.4, -0.2) is 42.7 Å². The van der Waals surface area contributed by atoms with Crippen LogP contribution in [0.2, 0.25) is 0 Å². The lowest BCUT2D eigenvalue weighted by Gasteiger charge is -2.27. The van der Waals surface area contributed by atoms with Crippen LogP contribution in [0.15, 0.2) is 42.5 Å². The van der Waals surface area contributed by atoms with Gasteiger partial charge in [0.2, 0.25) is 6.79 Å². The van der Waals surface area contributed by atoms with Crippen LogP contribution in [0.4, 0.5) is 5.69 Å². The van der Waals surface area contributed by atoms with Gasteiger partial charge in [-0.25, -0.2) is 0 Å². The van der Waals surface area contributed by atoms with E-state index in [1.54, 1.807) is 6.92 Å². The highest BCUT2D eigenvalue weighted by Crippen LogP contribution is 2.38. The van der Waals surface area contributed by atoms with Gasteiger partial charge in [0.15, 0.2) is 11.5 Å². The van der Waals surface area contributed by atoms with Crippen molar-refractivity contribution in [2.45, 2.75) is 165 Å². The molecule has 4 atom stereocenters. The molecule has 4 unspecified atom stereocenters. The van der Waals surface area contributed by atoms with Gasteiger partial charge in [0.05, 0.1) is 5.60 Å². The first-order chi connectivity index (χ1) is 23.3. The number of hydrogen-bond acceptors (Lipinski definition) is 6. The van der Waals surface area contributed by atoms with Gasteiger partial charge >= 0.3 is 0 Å². The third-order valence-electron chi connectivity index (χ3n) is 9.05. The number of fused-ring (bicyclic) bond motifs is 2. The minimum atomic E-state index is -0.384. The molecule has 2 aromatic rings. The number of carbonyl (C=O) groups is 1. The summed E-state index contributed by atoms with van der Waals surface area (Å²) in [6.45, 7) is 25.4. The summed E-state index contributed by atoms with van der Waals surface area (Å²) in [5, 5.41) is 10.4.